The summed E-state index contributed by atoms with van der Waals surface area (Å²) >= 11 is 0. The van der Waals surface area contributed by atoms with Crippen molar-refractivity contribution in [2.24, 2.45) is 0 Å². The van der Waals surface area contributed by atoms with Gasteiger partial charge in [-0.1, -0.05) is 0 Å². The molecule has 6 aromatic heterocycles. The molecule has 0 bridgehead atoms. The minimum absolute atomic E-state index is 0.706. The third kappa shape index (κ3) is 4.01. The Labute approximate surface area is 154 Å². The van der Waals surface area contributed by atoms with Gasteiger partial charge < -0.3 is 13.3 Å². The van der Waals surface area contributed by atoms with Gasteiger partial charge in [0.1, 0.15) is 5.58 Å². The van der Waals surface area contributed by atoms with E-state index >= 15 is 0 Å². The van der Waals surface area contributed by atoms with Crippen LogP contribution in [-0.4, -0.2) is 15.0 Å². The van der Waals surface area contributed by atoms with Gasteiger partial charge in [-0.15, -0.1) is 0 Å². The van der Waals surface area contributed by atoms with E-state index in [1.807, 2.05) is 42.5 Å². The van der Waals surface area contributed by atoms with Gasteiger partial charge in [0.2, 0.25) is 5.71 Å². The molecule has 0 unspecified atom stereocenters. The van der Waals surface area contributed by atoms with E-state index in [-0.39, 0.29) is 0 Å². The molecule has 0 aromatic carbocycles. The summed E-state index contributed by atoms with van der Waals surface area (Å²) in [7, 11) is 0. The third-order valence-corrected chi connectivity index (χ3v) is 3.74. The zero-order chi connectivity index (χ0) is 18.3. The van der Waals surface area contributed by atoms with Crippen molar-refractivity contribution in [1.82, 2.24) is 15.0 Å². The quantitative estimate of drug-likeness (QED) is 0.358. The van der Waals surface area contributed by atoms with Gasteiger partial charge in [-0.2, -0.15) is 0 Å². The Balaban J connectivity index is 0.0000001000. The summed E-state index contributed by atoms with van der Waals surface area (Å²) in [6.07, 6.45) is 13.6. The summed E-state index contributed by atoms with van der Waals surface area (Å²) in [4.78, 5) is 11.8. The predicted octanol–water partition coefficient (Wildman–Crippen LogP) is 5.48. The van der Waals surface area contributed by atoms with Crippen LogP contribution in [0.5, 0.6) is 0 Å². The molecule has 0 aliphatic rings. The number of rotatable bonds is 0. The lowest BCUT2D eigenvalue weighted by molar-refractivity contribution is 0.603. The van der Waals surface area contributed by atoms with Gasteiger partial charge in [0, 0.05) is 40.9 Å². The molecule has 0 atom stereocenters. The molecular formula is C21H15N3O3. The molecule has 6 aromatic rings. The Kier molecular flexibility index (Phi) is 4.88. The molecule has 0 fully saturated rings. The molecule has 132 valence electrons. The summed E-state index contributed by atoms with van der Waals surface area (Å²) in [5, 5.41) is 3.21. The van der Waals surface area contributed by atoms with E-state index in [4.69, 9.17) is 13.3 Å². The number of fused-ring (bicyclic) bond motifs is 3. The van der Waals surface area contributed by atoms with E-state index in [0.29, 0.717) is 5.71 Å². The molecular weight excluding hydrogens is 342 g/mol. The number of nitrogens with zero attached hydrogens (tertiary/aromatic N) is 3. The van der Waals surface area contributed by atoms with Gasteiger partial charge in [0.15, 0.2) is 5.58 Å². The summed E-state index contributed by atoms with van der Waals surface area (Å²) in [6, 6.07) is 13.3. The maximum atomic E-state index is 5.08. The maximum absolute atomic E-state index is 5.08. The normalized spacial score (nSPS) is 10.2. The molecule has 0 spiro atoms. The van der Waals surface area contributed by atoms with E-state index in [9.17, 15) is 0 Å². The molecule has 27 heavy (non-hydrogen) atoms. The maximum Gasteiger partial charge on any atom is 0.225 e. The van der Waals surface area contributed by atoms with E-state index in [0.717, 1.165) is 27.3 Å². The third-order valence-electron chi connectivity index (χ3n) is 3.74. The summed E-state index contributed by atoms with van der Waals surface area (Å²) in [5.41, 5.74) is 2.44. The van der Waals surface area contributed by atoms with Crippen LogP contribution in [0.1, 0.15) is 0 Å². The van der Waals surface area contributed by atoms with E-state index < -0.39 is 0 Å². The van der Waals surface area contributed by atoms with Crippen LogP contribution in [-0.2, 0) is 0 Å². The summed E-state index contributed by atoms with van der Waals surface area (Å²) in [6.45, 7) is 0. The second-order valence-electron chi connectivity index (χ2n) is 5.49. The van der Waals surface area contributed by atoms with Crippen LogP contribution in [0.15, 0.2) is 105 Å². The van der Waals surface area contributed by atoms with Gasteiger partial charge >= 0.3 is 0 Å². The highest BCUT2D eigenvalue weighted by Gasteiger charge is 1.92. The average molecular weight is 357 g/mol. The lowest BCUT2D eigenvalue weighted by atomic mass is 10.3. The fourth-order valence-electron chi connectivity index (χ4n) is 2.41. The minimum Gasteiger partial charge on any atom is -0.464 e. The van der Waals surface area contributed by atoms with E-state index in [1.54, 1.807) is 49.8 Å². The van der Waals surface area contributed by atoms with Crippen molar-refractivity contribution in [3.63, 3.8) is 0 Å². The van der Waals surface area contributed by atoms with Gasteiger partial charge in [-0.3, -0.25) is 9.97 Å². The highest BCUT2D eigenvalue weighted by molar-refractivity contribution is 5.75. The minimum atomic E-state index is 0.706. The van der Waals surface area contributed by atoms with Crippen molar-refractivity contribution in [2.75, 3.05) is 0 Å². The molecule has 0 aliphatic carbocycles. The lowest BCUT2D eigenvalue weighted by Gasteiger charge is -1.80. The highest BCUT2D eigenvalue weighted by Crippen LogP contribution is 2.12. The smallest absolute Gasteiger partial charge is 0.225 e. The summed E-state index contributed by atoms with van der Waals surface area (Å²) in [5.74, 6) is 0. The van der Waals surface area contributed by atoms with Gasteiger partial charge in [0.05, 0.1) is 25.0 Å². The molecule has 6 heterocycles. The lowest BCUT2D eigenvalue weighted by Crippen LogP contribution is -1.66. The van der Waals surface area contributed by atoms with Crippen LogP contribution >= 0.6 is 0 Å². The first-order valence-corrected chi connectivity index (χ1v) is 8.23. The second-order valence-corrected chi connectivity index (χ2v) is 5.49. The van der Waals surface area contributed by atoms with E-state index in [2.05, 4.69) is 15.0 Å². The Hall–Kier alpha value is -3.93. The second kappa shape index (κ2) is 7.97. The molecule has 0 saturated carbocycles. The standard InChI is InChI=1S/3C7H5NO/c1-3-8-5-6-2-4-9-7(1)6;1-3-8-5-7-6(1)2-4-9-7;1-2-6-3-5-9-7(6)8-4-1/h3*1-5H. The number of hydrogen-bond donors (Lipinski definition) is 0. The first-order chi connectivity index (χ1) is 13.4. The van der Waals surface area contributed by atoms with Crippen LogP contribution in [0.4, 0.5) is 0 Å². The van der Waals surface area contributed by atoms with Gasteiger partial charge in [-0.25, -0.2) is 4.98 Å². The molecule has 0 radical (unpaired) electrons. The highest BCUT2D eigenvalue weighted by atomic mass is 16.3. The van der Waals surface area contributed by atoms with Crippen molar-refractivity contribution in [3.8, 4) is 0 Å². The van der Waals surface area contributed by atoms with Crippen molar-refractivity contribution < 1.29 is 13.3 Å². The fourth-order valence-corrected chi connectivity index (χ4v) is 2.41. The SMILES string of the molecule is c1cc2ccoc2cn1.c1cc2occc2cn1.c1cnc2occc2c1. The fraction of sp³-hybridized carbons (Fsp3) is 0. The Morgan fingerprint density at radius 3 is 2.15 bits per heavy atom. The molecule has 6 rings (SSSR count). The zero-order valence-electron chi connectivity index (χ0n) is 14.2. The Bertz CT molecular complexity index is 1010. The van der Waals surface area contributed by atoms with Crippen LogP contribution in [0.2, 0.25) is 0 Å². The monoisotopic (exact) mass is 357 g/mol. The summed E-state index contributed by atoms with van der Waals surface area (Å²) < 4.78 is 15.1. The van der Waals surface area contributed by atoms with Crippen molar-refractivity contribution in [2.45, 2.75) is 0 Å². The Morgan fingerprint density at radius 2 is 1.30 bits per heavy atom. The number of aromatic nitrogens is 3. The number of hydrogen-bond acceptors (Lipinski definition) is 6. The van der Waals surface area contributed by atoms with Crippen molar-refractivity contribution in [1.29, 1.82) is 0 Å². The topological polar surface area (TPSA) is 78.1 Å². The van der Waals surface area contributed by atoms with Crippen LogP contribution in [0.3, 0.4) is 0 Å². The molecule has 0 aliphatic heterocycles. The molecule has 0 N–H and O–H groups in total. The first-order valence-electron chi connectivity index (χ1n) is 8.23. The first kappa shape index (κ1) is 16.5. The van der Waals surface area contributed by atoms with Gasteiger partial charge in [-0.05, 0) is 42.5 Å². The predicted molar refractivity (Wildman–Crippen MR) is 102 cm³/mol. The molecule has 6 nitrogen and oxygen atoms in total. The van der Waals surface area contributed by atoms with Crippen LogP contribution in [0.25, 0.3) is 33.0 Å². The van der Waals surface area contributed by atoms with E-state index in [1.165, 1.54) is 0 Å². The largest absolute Gasteiger partial charge is 0.464 e. The average Bonchev–Trinajstić information content (AvgIpc) is 3.48. The van der Waals surface area contributed by atoms with Crippen LogP contribution in [0, 0.1) is 0 Å². The number of pyridine rings is 3. The Morgan fingerprint density at radius 1 is 0.556 bits per heavy atom. The molecule has 6 heteroatoms. The zero-order valence-corrected chi connectivity index (χ0v) is 14.2. The van der Waals surface area contributed by atoms with Crippen molar-refractivity contribution in [3.05, 3.63) is 92.2 Å². The van der Waals surface area contributed by atoms with Crippen LogP contribution < -0.4 is 0 Å². The molecule has 0 amide bonds. The number of furan rings is 3. The van der Waals surface area contributed by atoms with Gasteiger partial charge in [0.25, 0.3) is 0 Å². The molecule has 0 saturated heterocycles. The van der Waals surface area contributed by atoms with Crippen molar-refractivity contribution >= 4 is 33.0 Å².